The van der Waals surface area contributed by atoms with Crippen molar-refractivity contribution in [1.82, 2.24) is 5.32 Å². The highest BCUT2D eigenvalue weighted by atomic mass is 79.9. The molecule has 3 N–H and O–H groups in total. The van der Waals surface area contributed by atoms with E-state index in [4.69, 9.17) is 0 Å². The number of halogens is 1. The summed E-state index contributed by atoms with van der Waals surface area (Å²) in [5.74, 6) is -0.930. The monoisotopic (exact) mass is 641 g/mol. The van der Waals surface area contributed by atoms with Gasteiger partial charge in [-0.05, 0) is 85.5 Å². The highest BCUT2D eigenvalue weighted by Crippen LogP contribution is 2.30. The molecule has 0 aliphatic rings. The van der Waals surface area contributed by atoms with Gasteiger partial charge in [-0.15, -0.1) is 11.8 Å². The second-order valence-electron chi connectivity index (χ2n) is 9.68. The van der Waals surface area contributed by atoms with E-state index >= 15 is 0 Å². The molecule has 1 unspecified atom stereocenters. The molecule has 4 aromatic rings. The number of nitrogens with one attached hydrogen (secondary N) is 3. The lowest BCUT2D eigenvalue weighted by Gasteiger charge is -2.18. The smallest absolute Gasteiger partial charge is 0.272 e. The number of anilines is 2. The normalized spacial score (nSPS) is 11.9. The largest absolute Gasteiger partial charge is 0.325 e. The molecular weight excluding hydrogens is 610 g/mol. The SMILES string of the molecule is CCC(Sc1cccc(NC(=O)/C(=C\c2ccc(Br)cc2)NC(=O)c2ccccc2)c1)C(=O)Nc1c(C)cccc1C. The fourth-order valence-corrected chi connectivity index (χ4v) is 5.49. The number of rotatable bonds is 10. The van der Waals surface area contributed by atoms with Crippen LogP contribution in [0.5, 0.6) is 0 Å². The first-order chi connectivity index (χ1) is 20.2. The standard InChI is InChI=1S/C34H32BrN3O3S/c1-4-30(34(41)38-31-22(2)10-8-11-23(31)3)42-28-15-9-14-27(21-28)36-33(40)29(20-24-16-18-26(35)19-17-24)37-32(39)25-12-6-5-7-13-25/h5-21,30H,4H2,1-3H3,(H,36,40)(H,37,39)(H,38,41)/b29-20+. The van der Waals surface area contributed by atoms with Crippen LogP contribution in [0.3, 0.4) is 0 Å². The highest BCUT2D eigenvalue weighted by molar-refractivity contribution is 9.10. The number of amides is 3. The fourth-order valence-electron chi connectivity index (χ4n) is 4.22. The molecule has 0 aliphatic heterocycles. The molecule has 0 fully saturated rings. The molecule has 0 heterocycles. The van der Waals surface area contributed by atoms with Crippen molar-refractivity contribution in [1.29, 1.82) is 0 Å². The van der Waals surface area contributed by atoms with E-state index in [-0.39, 0.29) is 22.8 Å². The highest BCUT2D eigenvalue weighted by Gasteiger charge is 2.20. The van der Waals surface area contributed by atoms with Gasteiger partial charge in [-0.25, -0.2) is 0 Å². The van der Waals surface area contributed by atoms with E-state index in [2.05, 4.69) is 31.9 Å². The van der Waals surface area contributed by atoms with Crippen molar-refractivity contribution >= 4 is 62.9 Å². The lowest BCUT2D eigenvalue weighted by atomic mass is 10.1. The maximum Gasteiger partial charge on any atom is 0.272 e. The average molecular weight is 643 g/mol. The summed E-state index contributed by atoms with van der Waals surface area (Å²) < 4.78 is 0.904. The van der Waals surface area contributed by atoms with Gasteiger partial charge in [0.2, 0.25) is 5.91 Å². The molecular formula is C34H32BrN3O3S. The predicted molar refractivity (Wildman–Crippen MR) is 176 cm³/mol. The molecule has 0 saturated heterocycles. The van der Waals surface area contributed by atoms with Crippen LogP contribution in [0.4, 0.5) is 11.4 Å². The zero-order valence-electron chi connectivity index (χ0n) is 23.6. The summed E-state index contributed by atoms with van der Waals surface area (Å²) in [6.07, 6.45) is 2.26. The van der Waals surface area contributed by atoms with Gasteiger partial charge in [0, 0.05) is 26.3 Å². The summed E-state index contributed by atoms with van der Waals surface area (Å²) >= 11 is 4.86. The number of carbonyl (C=O) groups is 3. The Morgan fingerprint density at radius 3 is 2.17 bits per heavy atom. The van der Waals surface area contributed by atoms with E-state index in [1.807, 2.05) is 87.5 Å². The lowest BCUT2D eigenvalue weighted by Crippen LogP contribution is -2.30. The second kappa shape index (κ2) is 14.7. The zero-order valence-corrected chi connectivity index (χ0v) is 26.0. The van der Waals surface area contributed by atoms with Crippen molar-refractivity contribution in [3.05, 3.63) is 129 Å². The van der Waals surface area contributed by atoms with Crippen LogP contribution < -0.4 is 16.0 Å². The summed E-state index contributed by atoms with van der Waals surface area (Å²) in [6, 6.07) is 29.4. The van der Waals surface area contributed by atoms with Gasteiger partial charge in [0.1, 0.15) is 5.70 Å². The molecule has 3 amide bonds. The molecule has 6 nitrogen and oxygen atoms in total. The number of benzene rings is 4. The predicted octanol–water partition coefficient (Wildman–Crippen LogP) is 7.98. The van der Waals surface area contributed by atoms with Gasteiger partial charge >= 0.3 is 0 Å². The van der Waals surface area contributed by atoms with Gasteiger partial charge in [0.05, 0.1) is 5.25 Å². The van der Waals surface area contributed by atoms with Crippen LogP contribution in [0, 0.1) is 13.8 Å². The van der Waals surface area contributed by atoms with Crippen molar-refractivity contribution in [2.75, 3.05) is 10.6 Å². The molecule has 0 aromatic heterocycles. The number of hydrogen-bond acceptors (Lipinski definition) is 4. The van der Waals surface area contributed by atoms with Crippen LogP contribution in [-0.2, 0) is 9.59 Å². The first-order valence-corrected chi connectivity index (χ1v) is 15.2. The van der Waals surface area contributed by atoms with Crippen molar-refractivity contribution in [2.45, 2.75) is 37.3 Å². The van der Waals surface area contributed by atoms with Crippen LogP contribution >= 0.6 is 27.7 Å². The van der Waals surface area contributed by atoms with Crippen LogP contribution in [0.15, 0.2) is 112 Å². The summed E-state index contributed by atoms with van der Waals surface area (Å²) in [7, 11) is 0. The molecule has 4 rings (SSSR count). The quantitative estimate of drug-likeness (QED) is 0.121. The number of para-hydroxylation sites is 1. The Bertz CT molecular complexity index is 1580. The fraction of sp³-hybridized carbons (Fsp3) is 0.147. The third-order valence-corrected chi connectivity index (χ3v) is 8.36. The zero-order chi connectivity index (χ0) is 30.1. The van der Waals surface area contributed by atoms with Crippen LogP contribution in [0.1, 0.15) is 40.4 Å². The van der Waals surface area contributed by atoms with Crippen LogP contribution in [0.25, 0.3) is 6.08 Å². The van der Waals surface area contributed by atoms with Crippen molar-refractivity contribution < 1.29 is 14.4 Å². The van der Waals surface area contributed by atoms with E-state index in [0.717, 1.165) is 31.7 Å². The molecule has 0 bridgehead atoms. The molecule has 214 valence electrons. The van der Waals surface area contributed by atoms with Crippen LogP contribution in [0.2, 0.25) is 0 Å². The maximum atomic E-state index is 13.4. The Labute approximate surface area is 259 Å². The number of carbonyl (C=O) groups excluding carboxylic acids is 3. The summed E-state index contributed by atoms with van der Waals surface area (Å²) in [5, 5.41) is 8.42. The molecule has 42 heavy (non-hydrogen) atoms. The Morgan fingerprint density at radius 2 is 1.50 bits per heavy atom. The molecule has 0 saturated carbocycles. The number of aryl methyl sites for hydroxylation is 2. The Hall–Kier alpha value is -4.14. The Balaban J connectivity index is 1.51. The van der Waals surface area contributed by atoms with Gasteiger partial charge in [0.15, 0.2) is 0 Å². The lowest BCUT2D eigenvalue weighted by molar-refractivity contribution is -0.116. The molecule has 1 atom stereocenters. The van der Waals surface area contributed by atoms with Gasteiger partial charge in [-0.1, -0.05) is 77.5 Å². The maximum absolute atomic E-state index is 13.4. The first kappa shape index (κ1) is 30.8. The van der Waals surface area contributed by atoms with E-state index in [9.17, 15) is 14.4 Å². The topological polar surface area (TPSA) is 87.3 Å². The number of hydrogen-bond donors (Lipinski definition) is 3. The molecule has 4 aromatic carbocycles. The van der Waals surface area contributed by atoms with Gasteiger partial charge in [-0.2, -0.15) is 0 Å². The first-order valence-electron chi connectivity index (χ1n) is 13.5. The molecule has 8 heteroatoms. The molecule has 0 aliphatic carbocycles. The van der Waals surface area contributed by atoms with Gasteiger partial charge < -0.3 is 16.0 Å². The number of thioether (sulfide) groups is 1. The second-order valence-corrected chi connectivity index (χ2v) is 11.9. The van der Waals surface area contributed by atoms with E-state index < -0.39 is 5.91 Å². The minimum atomic E-state index is -0.468. The van der Waals surface area contributed by atoms with Gasteiger partial charge in [-0.3, -0.25) is 14.4 Å². The average Bonchev–Trinajstić information content (AvgIpc) is 2.99. The van der Waals surface area contributed by atoms with Crippen molar-refractivity contribution in [2.24, 2.45) is 0 Å². The van der Waals surface area contributed by atoms with Crippen LogP contribution in [-0.4, -0.2) is 23.0 Å². The van der Waals surface area contributed by atoms with E-state index in [1.54, 1.807) is 36.4 Å². The van der Waals surface area contributed by atoms with Gasteiger partial charge in [0.25, 0.3) is 11.8 Å². The van der Waals surface area contributed by atoms with Crippen molar-refractivity contribution in [3.63, 3.8) is 0 Å². The summed E-state index contributed by atoms with van der Waals surface area (Å²) in [6.45, 7) is 5.93. The Kier molecular flexibility index (Phi) is 10.8. The third kappa shape index (κ3) is 8.44. The third-order valence-electron chi connectivity index (χ3n) is 6.47. The summed E-state index contributed by atoms with van der Waals surface area (Å²) in [5.41, 5.74) is 4.70. The molecule has 0 spiro atoms. The van der Waals surface area contributed by atoms with E-state index in [0.29, 0.717) is 17.7 Å². The molecule has 0 radical (unpaired) electrons. The van der Waals surface area contributed by atoms with E-state index in [1.165, 1.54) is 11.8 Å². The Morgan fingerprint density at radius 1 is 0.833 bits per heavy atom. The summed E-state index contributed by atoms with van der Waals surface area (Å²) in [4.78, 5) is 40.4. The van der Waals surface area contributed by atoms with Crippen molar-refractivity contribution in [3.8, 4) is 0 Å². The minimum Gasteiger partial charge on any atom is -0.325 e. The minimum absolute atomic E-state index is 0.0716.